The van der Waals surface area contributed by atoms with Gasteiger partial charge in [-0.15, -0.1) is 0 Å². The van der Waals surface area contributed by atoms with E-state index in [-0.39, 0.29) is 17.6 Å². The van der Waals surface area contributed by atoms with Crippen LogP contribution in [0.25, 0.3) is 0 Å². The van der Waals surface area contributed by atoms with Crippen LogP contribution in [0.4, 0.5) is 4.79 Å². The van der Waals surface area contributed by atoms with E-state index in [4.69, 9.17) is 4.42 Å². The van der Waals surface area contributed by atoms with Crippen molar-refractivity contribution in [2.45, 2.75) is 51.6 Å². The first-order valence-corrected chi connectivity index (χ1v) is 8.01. The quantitative estimate of drug-likeness (QED) is 0.909. The Morgan fingerprint density at radius 3 is 2.41 bits per heavy atom. The molecule has 0 saturated heterocycles. The van der Waals surface area contributed by atoms with E-state index in [0.29, 0.717) is 0 Å². The first-order chi connectivity index (χ1) is 10.2. The molecule has 5 nitrogen and oxygen atoms in total. The predicted octanol–water partition coefficient (Wildman–Crippen LogP) is 3.08. The largest absolute Gasteiger partial charge is 0.466 e. The molecule has 0 bridgehead atoms. The topological polar surface area (TPSA) is 48.7 Å². The molecule has 0 spiro atoms. The molecule has 2 rings (SSSR count). The summed E-state index contributed by atoms with van der Waals surface area (Å²) >= 11 is 0. The lowest BCUT2D eigenvalue weighted by atomic mass is 9.75. The Hall–Kier alpha value is -1.49. The van der Waals surface area contributed by atoms with Gasteiger partial charge in [-0.1, -0.05) is 0 Å². The Bertz CT molecular complexity index is 532. The van der Waals surface area contributed by atoms with Crippen molar-refractivity contribution < 1.29 is 9.21 Å². The van der Waals surface area contributed by atoms with Gasteiger partial charge in [0.2, 0.25) is 0 Å². The maximum absolute atomic E-state index is 12.5. The van der Waals surface area contributed by atoms with E-state index >= 15 is 0 Å². The van der Waals surface area contributed by atoms with Gasteiger partial charge in [0.1, 0.15) is 11.5 Å². The summed E-state index contributed by atoms with van der Waals surface area (Å²) in [4.78, 5) is 16.5. The summed E-state index contributed by atoms with van der Waals surface area (Å²) in [6, 6.07) is 1.91. The first kappa shape index (κ1) is 16.9. The average molecular weight is 307 g/mol. The van der Waals surface area contributed by atoms with Crippen LogP contribution in [-0.4, -0.2) is 49.1 Å². The molecule has 22 heavy (non-hydrogen) atoms. The molecule has 1 aliphatic rings. The summed E-state index contributed by atoms with van der Waals surface area (Å²) in [5.74, 6) is 1.75. The van der Waals surface area contributed by atoms with E-state index in [9.17, 15) is 4.79 Å². The van der Waals surface area contributed by atoms with Crippen molar-refractivity contribution in [2.75, 3.05) is 27.7 Å². The van der Waals surface area contributed by atoms with Crippen LogP contribution >= 0.6 is 0 Å². The second-order valence-corrected chi connectivity index (χ2v) is 6.87. The maximum Gasteiger partial charge on any atom is 0.317 e. The molecule has 1 aliphatic carbocycles. The lowest BCUT2D eigenvalue weighted by Gasteiger charge is -2.49. The molecule has 0 aromatic carbocycles. The SMILES string of the molecule is Cc1cc([C@@H](C)NC(=O)N(C)CC2(N(C)C)CCC2)c(C)o1. The van der Waals surface area contributed by atoms with E-state index in [1.54, 1.807) is 4.90 Å². The van der Waals surface area contributed by atoms with Crippen LogP contribution in [-0.2, 0) is 0 Å². The Kier molecular flexibility index (Phi) is 4.85. The van der Waals surface area contributed by atoms with Crippen molar-refractivity contribution >= 4 is 6.03 Å². The van der Waals surface area contributed by atoms with Crippen LogP contribution in [0.2, 0.25) is 0 Å². The third-order valence-corrected chi connectivity index (χ3v) is 5.00. The molecular weight excluding hydrogens is 278 g/mol. The molecule has 1 saturated carbocycles. The van der Waals surface area contributed by atoms with Crippen molar-refractivity contribution in [3.63, 3.8) is 0 Å². The second-order valence-electron chi connectivity index (χ2n) is 6.87. The molecular formula is C17H29N3O2. The van der Waals surface area contributed by atoms with E-state index in [0.717, 1.165) is 36.5 Å². The highest BCUT2D eigenvalue weighted by Crippen LogP contribution is 2.36. The highest BCUT2D eigenvalue weighted by molar-refractivity contribution is 5.74. The van der Waals surface area contributed by atoms with Crippen LogP contribution in [0, 0.1) is 13.8 Å². The number of aryl methyl sites for hydroxylation is 2. The number of urea groups is 1. The van der Waals surface area contributed by atoms with Crippen LogP contribution in [0.3, 0.4) is 0 Å². The smallest absolute Gasteiger partial charge is 0.317 e. The molecule has 1 aromatic rings. The highest BCUT2D eigenvalue weighted by Gasteiger charge is 2.40. The van der Waals surface area contributed by atoms with Crippen molar-refractivity contribution in [3.8, 4) is 0 Å². The van der Waals surface area contributed by atoms with Gasteiger partial charge >= 0.3 is 6.03 Å². The summed E-state index contributed by atoms with van der Waals surface area (Å²) in [6.45, 7) is 6.62. The summed E-state index contributed by atoms with van der Waals surface area (Å²) in [6.07, 6.45) is 3.57. The fourth-order valence-corrected chi connectivity index (χ4v) is 3.30. The number of amides is 2. The average Bonchev–Trinajstić information content (AvgIpc) is 2.72. The molecule has 124 valence electrons. The zero-order valence-corrected chi connectivity index (χ0v) is 14.7. The third-order valence-electron chi connectivity index (χ3n) is 5.00. The van der Waals surface area contributed by atoms with Gasteiger partial charge in [-0.05, 0) is 60.2 Å². The minimum atomic E-state index is -0.0518. The molecule has 1 fully saturated rings. The van der Waals surface area contributed by atoms with Gasteiger partial charge < -0.3 is 19.5 Å². The van der Waals surface area contributed by atoms with Gasteiger partial charge in [0.25, 0.3) is 0 Å². The summed E-state index contributed by atoms with van der Waals surface area (Å²) in [5, 5.41) is 3.07. The Balaban J connectivity index is 1.95. The number of hydrogen-bond donors (Lipinski definition) is 1. The Labute approximate surface area is 133 Å². The van der Waals surface area contributed by atoms with Crippen LogP contribution in [0.1, 0.15) is 49.3 Å². The van der Waals surface area contributed by atoms with Crippen molar-refractivity contribution in [1.82, 2.24) is 15.1 Å². The van der Waals surface area contributed by atoms with E-state index < -0.39 is 0 Å². The molecule has 2 amide bonds. The van der Waals surface area contributed by atoms with Gasteiger partial charge in [-0.25, -0.2) is 4.79 Å². The molecule has 0 radical (unpaired) electrons. The van der Waals surface area contributed by atoms with Gasteiger partial charge in [-0.2, -0.15) is 0 Å². The van der Waals surface area contributed by atoms with Gasteiger partial charge in [0, 0.05) is 24.7 Å². The lowest BCUT2D eigenvalue weighted by molar-refractivity contribution is 0.0361. The number of hydrogen-bond acceptors (Lipinski definition) is 3. The Morgan fingerprint density at radius 2 is 2.00 bits per heavy atom. The second kappa shape index (κ2) is 6.32. The van der Waals surface area contributed by atoms with Crippen LogP contribution < -0.4 is 5.32 Å². The van der Waals surface area contributed by atoms with Gasteiger partial charge in [-0.3, -0.25) is 0 Å². The monoisotopic (exact) mass is 307 g/mol. The van der Waals surface area contributed by atoms with Crippen molar-refractivity contribution in [3.05, 3.63) is 23.2 Å². The van der Waals surface area contributed by atoms with E-state index in [1.165, 1.54) is 6.42 Å². The summed E-state index contributed by atoms with van der Waals surface area (Å²) < 4.78 is 5.54. The first-order valence-electron chi connectivity index (χ1n) is 8.01. The molecule has 1 N–H and O–H groups in total. The van der Waals surface area contributed by atoms with E-state index in [2.05, 4.69) is 24.3 Å². The molecule has 1 atom stereocenters. The predicted molar refractivity (Wildman–Crippen MR) is 88.0 cm³/mol. The fourth-order valence-electron chi connectivity index (χ4n) is 3.30. The molecule has 1 aromatic heterocycles. The molecule has 5 heteroatoms. The van der Waals surface area contributed by atoms with Crippen LogP contribution in [0.5, 0.6) is 0 Å². The normalized spacial score (nSPS) is 18.0. The minimum absolute atomic E-state index is 0.0288. The number of carbonyl (C=O) groups is 1. The summed E-state index contributed by atoms with van der Waals surface area (Å²) in [5.41, 5.74) is 1.20. The minimum Gasteiger partial charge on any atom is -0.466 e. The standard InChI is InChI=1S/C17H29N3O2/c1-12-10-15(14(3)22-12)13(2)18-16(21)20(6)11-17(19(4)5)8-7-9-17/h10,13H,7-9,11H2,1-6H3,(H,18,21)/t13-/m1/s1. The number of furan rings is 1. The maximum atomic E-state index is 12.5. The molecule has 0 unspecified atom stereocenters. The number of nitrogens with zero attached hydrogens (tertiary/aromatic N) is 2. The lowest BCUT2D eigenvalue weighted by Crippen LogP contribution is -2.58. The van der Waals surface area contributed by atoms with E-state index in [1.807, 2.05) is 33.9 Å². The third kappa shape index (κ3) is 3.29. The summed E-state index contributed by atoms with van der Waals surface area (Å²) in [7, 11) is 6.08. The van der Waals surface area contributed by atoms with Gasteiger partial charge in [0.15, 0.2) is 0 Å². The number of carbonyl (C=O) groups excluding carboxylic acids is 1. The Morgan fingerprint density at radius 1 is 1.36 bits per heavy atom. The number of rotatable bonds is 5. The van der Waals surface area contributed by atoms with Crippen molar-refractivity contribution in [1.29, 1.82) is 0 Å². The van der Waals surface area contributed by atoms with Gasteiger partial charge in [0.05, 0.1) is 6.04 Å². The van der Waals surface area contributed by atoms with Crippen molar-refractivity contribution in [2.24, 2.45) is 0 Å². The number of nitrogens with one attached hydrogen (secondary N) is 1. The molecule has 1 heterocycles. The highest BCUT2D eigenvalue weighted by atomic mass is 16.3. The fraction of sp³-hybridized carbons (Fsp3) is 0.706. The number of likely N-dealkylation sites (N-methyl/N-ethyl adjacent to an activating group) is 2. The zero-order valence-electron chi connectivity index (χ0n) is 14.7. The van der Waals surface area contributed by atoms with Crippen LogP contribution in [0.15, 0.2) is 10.5 Å². The molecule has 0 aliphatic heterocycles. The zero-order chi connectivity index (χ0) is 16.5.